The van der Waals surface area contributed by atoms with Crippen LogP contribution >= 0.6 is 0 Å². The number of nitrogens with zero attached hydrogens (tertiary/aromatic N) is 3. The average Bonchev–Trinajstić information content (AvgIpc) is 3.26. The number of nitrogens with one attached hydrogen (secondary N) is 2. The lowest BCUT2D eigenvalue weighted by Crippen LogP contribution is -2.44. The maximum atomic E-state index is 4.54. The first-order valence-electron chi connectivity index (χ1n) is 9.07. The number of H-pyrrole nitrogens is 2. The number of aromatic amines is 2. The molecule has 3 heterocycles. The fourth-order valence-corrected chi connectivity index (χ4v) is 4.43. The Kier molecular flexibility index (Phi) is 3.97. The standard InChI is InChI=1S/C18H27N5/c1-2-3-5-16-19-11-15(21-16)12-23-9-4-7-18(13-23)8-6-14-10-20-22-17(14)18/h10-11H,2-9,12-13H2,1H3,(H,19,21)(H,20,22). The van der Waals surface area contributed by atoms with Gasteiger partial charge in [0.1, 0.15) is 5.82 Å². The van der Waals surface area contributed by atoms with Gasteiger partial charge in [-0.3, -0.25) is 10.00 Å². The van der Waals surface area contributed by atoms with Gasteiger partial charge in [0.05, 0.1) is 6.20 Å². The summed E-state index contributed by atoms with van der Waals surface area (Å²) in [6.45, 7) is 5.55. The zero-order valence-electron chi connectivity index (χ0n) is 14.1. The first kappa shape index (κ1) is 14.9. The van der Waals surface area contributed by atoms with Gasteiger partial charge in [0, 0.05) is 42.5 Å². The first-order valence-corrected chi connectivity index (χ1v) is 9.07. The Labute approximate surface area is 137 Å². The van der Waals surface area contributed by atoms with E-state index in [4.69, 9.17) is 0 Å². The van der Waals surface area contributed by atoms with Crippen LogP contribution in [0.5, 0.6) is 0 Å². The van der Waals surface area contributed by atoms with Crippen LogP contribution in [0.25, 0.3) is 0 Å². The number of aromatic nitrogens is 4. The molecule has 2 aromatic rings. The van der Waals surface area contributed by atoms with Gasteiger partial charge in [-0.05, 0) is 44.2 Å². The Bertz CT molecular complexity index is 658. The Balaban J connectivity index is 1.43. The van der Waals surface area contributed by atoms with E-state index in [1.54, 1.807) is 0 Å². The Morgan fingerprint density at radius 1 is 1.30 bits per heavy atom. The summed E-state index contributed by atoms with van der Waals surface area (Å²) in [7, 11) is 0. The molecule has 1 spiro atoms. The second-order valence-electron chi connectivity index (χ2n) is 7.32. The molecule has 0 radical (unpaired) electrons. The quantitative estimate of drug-likeness (QED) is 0.892. The van der Waals surface area contributed by atoms with Crippen molar-refractivity contribution in [3.05, 3.63) is 35.2 Å². The van der Waals surface area contributed by atoms with Gasteiger partial charge < -0.3 is 4.98 Å². The van der Waals surface area contributed by atoms with Crippen LogP contribution in [0, 0.1) is 0 Å². The molecular weight excluding hydrogens is 286 g/mol. The normalized spacial score (nSPS) is 24.4. The third-order valence-electron chi connectivity index (χ3n) is 5.62. The van der Waals surface area contributed by atoms with Crippen molar-refractivity contribution in [2.75, 3.05) is 13.1 Å². The molecule has 5 nitrogen and oxygen atoms in total. The molecule has 2 aliphatic rings. The average molecular weight is 313 g/mol. The number of hydrogen-bond donors (Lipinski definition) is 2. The lowest BCUT2D eigenvalue weighted by Gasteiger charge is -2.40. The van der Waals surface area contributed by atoms with Gasteiger partial charge in [0.15, 0.2) is 0 Å². The summed E-state index contributed by atoms with van der Waals surface area (Å²) >= 11 is 0. The minimum Gasteiger partial charge on any atom is -0.345 e. The van der Waals surface area contributed by atoms with Gasteiger partial charge >= 0.3 is 0 Å². The van der Waals surface area contributed by atoms with Crippen LogP contribution < -0.4 is 0 Å². The van der Waals surface area contributed by atoms with E-state index in [1.807, 2.05) is 12.4 Å². The SMILES string of the molecule is CCCCc1ncc(CN2CCCC3(CCc4cn[nH]c43)C2)[nH]1. The monoisotopic (exact) mass is 313 g/mol. The smallest absolute Gasteiger partial charge is 0.106 e. The lowest BCUT2D eigenvalue weighted by atomic mass is 9.77. The van der Waals surface area contributed by atoms with E-state index in [0.29, 0.717) is 5.41 Å². The van der Waals surface area contributed by atoms with E-state index in [1.165, 1.54) is 62.0 Å². The topological polar surface area (TPSA) is 60.6 Å². The van der Waals surface area contributed by atoms with Crippen LogP contribution in [0.15, 0.2) is 12.4 Å². The molecule has 0 aromatic carbocycles. The predicted octanol–water partition coefficient (Wildman–Crippen LogP) is 2.96. The van der Waals surface area contributed by atoms with E-state index in [9.17, 15) is 0 Å². The Morgan fingerprint density at radius 3 is 3.17 bits per heavy atom. The first-order chi connectivity index (χ1) is 11.3. The summed E-state index contributed by atoms with van der Waals surface area (Å²) in [5, 5.41) is 7.57. The number of likely N-dealkylation sites (tertiary alicyclic amines) is 1. The van der Waals surface area contributed by atoms with Crippen molar-refractivity contribution in [1.29, 1.82) is 0 Å². The number of imidazole rings is 1. The van der Waals surface area contributed by atoms with Crippen molar-refractivity contribution in [3.63, 3.8) is 0 Å². The van der Waals surface area contributed by atoms with Crippen molar-refractivity contribution in [1.82, 2.24) is 25.1 Å². The minimum atomic E-state index is 0.315. The number of unbranched alkanes of at least 4 members (excludes halogenated alkanes) is 1. The van der Waals surface area contributed by atoms with E-state index in [-0.39, 0.29) is 0 Å². The molecule has 23 heavy (non-hydrogen) atoms. The number of rotatable bonds is 5. The third-order valence-corrected chi connectivity index (χ3v) is 5.62. The fourth-order valence-electron chi connectivity index (χ4n) is 4.43. The molecule has 0 bridgehead atoms. The molecule has 0 amide bonds. The molecule has 1 saturated heterocycles. The zero-order valence-corrected chi connectivity index (χ0v) is 14.1. The van der Waals surface area contributed by atoms with Crippen LogP contribution in [0.2, 0.25) is 0 Å². The maximum absolute atomic E-state index is 4.54. The third kappa shape index (κ3) is 2.82. The summed E-state index contributed by atoms with van der Waals surface area (Å²) in [5.41, 5.74) is 4.43. The molecule has 1 atom stereocenters. The molecule has 1 fully saturated rings. The summed E-state index contributed by atoms with van der Waals surface area (Å²) in [6.07, 6.45) is 12.6. The van der Waals surface area contributed by atoms with E-state index in [0.717, 1.165) is 25.3 Å². The van der Waals surface area contributed by atoms with Gasteiger partial charge in [0.25, 0.3) is 0 Å². The number of aryl methyl sites for hydroxylation is 2. The van der Waals surface area contributed by atoms with Crippen molar-refractivity contribution < 1.29 is 0 Å². The van der Waals surface area contributed by atoms with E-state index < -0.39 is 0 Å². The number of fused-ring (bicyclic) bond motifs is 2. The Hall–Kier alpha value is -1.62. The molecule has 1 unspecified atom stereocenters. The number of piperidine rings is 1. The van der Waals surface area contributed by atoms with E-state index >= 15 is 0 Å². The van der Waals surface area contributed by atoms with Gasteiger partial charge in [-0.25, -0.2) is 4.98 Å². The minimum absolute atomic E-state index is 0.315. The second kappa shape index (κ2) is 6.11. The molecular formula is C18H27N5. The largest absolute Gasteiger partial charge is 0.345 e. The molecule has 5 heteroatoms. The van der Waals surface area contributed by atoms with Gasteiger partial charge in [-0.2, -0.15) is 5.10 Å². The molecule has 1 aliphatic carbocycles. The predicted molar refractivity (Wildman–Crippen MR) is 90.3 cm³/mol. The molecule has 1 aliphatic heterocycles. The van der Waals surface area contributed by atoms with Crippen LogP contribution in [-0.2, 0) is 24.8 Å². The lowest BCUT2D eigenvalue weighted by molar-refractivity contribution is 0.135. The fraction of sp³-hybridized carbons (Fsp3) is 0.667. The highest BCUT2D eigenvalue weighted by atomic mass is 15.2. The highest BCUT2D eigenvalue weighted by Crippen LogP contribution is 2.43. The second-order valence-corrected chi connectivity index (χ2v) is 7.32. The van der Waals surface area contributed by atoms with Crippen LogP contribution in [0.1, 0.15) is 61.8 Å². The molecule has 2 N–H and O–H groups in total. The summed E-state index contributed by atoms with van der Waals surface area (Å²) in [4.78, 5) is 10.6. The maximum Gasteiger partial charge on any atom is 0.106 e. The van der Waals surface area contributed by atoms with Crippen LogP contribution in [0.4, 0.5) is 0 Å². The summed E-state index contributed by atoms with van der Waals surface area (Å²) in [5.74, 6) is 1.14. The van der Waals surface area contributed by atoms with Gasteiger partial charge in [-0.15, -0.1) is 0 Å². The molecule has 4 rings (SSSR count). The van der Waals surface area contributed by atoms with Crippen LogP contribution in [0.3, 0.4) is 0 Å². The van der Waals surface area contributed by atoms with Crippen molar-refractivity contribution in [2.45, 2.75) is 63.8 Å². The number of hydrogen-bond acceptors (Lipinski definition) is 3. The highest BCUT2D eigenvalue weighted by molar-refractivity contribution is 5.33. The van der Waals surface area contributed by atoms with Crippen molar-refractivity contribution >= 4 is 0 Å². The van der Waals surface area contributed by atoms with Crippen LogP contribution in [-0.4, -0.2) is 38.2 Å². The molecule has 124 valence electrons. The zero-order chi connectivity index (χ0) is 15.7. The van der Waals surface area contributed by atoms with Crippen molar-refractivity contribution in [3.8, 4) is 0 Å². The summed E-state index contributed by atoms with van der Waals surface area (Å²) < 4.78 is 0. The van der Waals surface area contributed by atoms with Crippen molar-refractivity contribution in [2.24, 2.45) is 0 Å². The summed E-state index contributed by atoms with van der Waals surface area (Å²) in [6, 6.07) is 0. The van der Waals surface area contributed by atoms with Gasteiger partial charge in [0.2, 0.25) is 0 Å². The molecule has 2 aromatic heterocycles. The molecule has 0 saturated carbocycles. The van der Waals surface area contributed by atoms with Gasteiger partial charge in [-0.1, -0.05) is 13.3 Å². The highest BCUT2D eigenvalue weighted by Gasteiger charge is 2.43. The Morgan fingerprint density at radius 2 is 2.26 bits per heavy atom. The van der Waals surface area contributed by atoms with E-state index in [2.05, 4.69) is 32.0 Å².